The van der Waals surface area contributed by atoms with E-state index in [2.05, 4.69) is 21.2 Å². The van der Waals surface area contributed by atoms with E-state index in [1.165, 1.54) is 6.07 Å². The molecule has 0 spiro atoms. The quantitative estimate of drug-likeness (QED) is 0.668. The molecule has 0 saturated heterocycles. The van der Waals surface area contributed by atoms with Crippen LogP contribution in [-0.2, 0) is 0 Å². The van der Waals surface area contributed by atoms with Gasteiger partial charge in [0.25, 0.3) is 0 Å². The van der Waals surface area contributed by atoms with Crippen molar-refractivity contribution in [3.05, 3.63) is 33.8 Å². The number of ketones is 1. The van der Waals surface area contributed by atoms with Crippen LogP contribution in [0.4, 0.5) is 8.78 Å². The highest BCUT2D eigenvalue weighted by atomic mass is 79.9. The normalized spacial score (nSPS) is 10.9. The van der Waals surface area contributed by atoms with Gasteiger partial charge in [-0.25, -0.2) is 8.78 Å². The lowest BCUT2D eigenvalue weighted by molar-refractivity contribution is 0.0973. The standard InChI is InChI=1S/C12H14BrF2NO/c1-7(2)16-6-5-10(17)11-9(14)4-3-8(13)12(11)15/h3-4,7,16H,5-6H2,1-2H3. The summed E-state index contributed by atoms with van der Waals surface area (Å²) in [5.41, 5.74) is -0.468. The fourth-order valence-corrected chi connectivity index (χ4v) is 1.71. The van der Waals surface area contributed by atoms with E-state index in [4.69, 9.17) is 0 Å². The Morgan fingerprint density at radius 3 is 2.65 bits per heavy atom. The van der Waals surface area contributed by atoms with Gasteiger partial charge in [0.15, 0.2) is 11.6 Å². The summed E-state index contributed by atoms with van der Waals surface area (Å²) in [6.07, 6.45) is 0.0719. The minimum Gasteiger partial charge on any atom is -0.314 e. The first kappa shape index (κ1) is 14.3. The Morgan fingerprint density at radius 2 is 2.06 bits per heavy atom. The number of hydrogen-bond acceptors (Lipinski definition) is 2. The molecule has 0 aromatic heterocycles. The summed E-state index contributed by atoms with van der Waals surface area (Å²) in [5, 5.41) is 3.02. The largest absolute Gasteiger partial charge is 0.314 e. The van der Waals surface area contributed by atoms with Crippen molar-refractivity contribution in [1.29, 1.82) is 0 Å². The summed E-state index contributed by atoms with van der Waals surface area (Å²) in [4.78, 5) is 11.7. The van der Waals surface area contributed by atoms with Crippen molar-refractivity contribution < 1.29 is 13.6 Å². The Labute approximate surface area is 108 Å². The number of carbonyl (C=O) groups is 1. The van der Waals surface area contributed by atoms with Gasteiger partial charge >= 0.3 is 0 Å². The van der Waals surface area contributed by atoms with Crippen molar-refractivity contribution in [3.63, 3.8) is 0 Å². The first-order valence-corrected chi connectivity index (χ1v) is 6.13. The Kier molecular flexibility index (Phi) is 5.21. The molecule has 0 atom stereocenters. The van der Waals surface area contributed by atoms with Crippen molar-refractivity contribution >= 4 is 21.7 Å². The van der Waals surface area contributed by atoms with Gasteiger partial charge in [-0.2, -0.15) is 0 Å². The van der Waals surface area contributed by atoms with E-state index in [0.717, 1.165) is 6.07 Å². The van der Waals surface area contributed by atoms with E-state index in [-0.39, 0.29) is 16.9 Å². The molecular weight excluding hydrogens is 292 g/mol. The predicted octanol–water partition coefficient (Wildman–Crippen LogP) is 3.30. The first-order chi connectivity index (χ1) is 7.93. The third-order valence-corrected chi connectivity index (χ3v) is 2.84. The van der Waals surface area contributed by atoms with Crippen molar-refractivity contribution in [3.8, 4) is 0 Å². The van der Waals surface area contributed by atoms with Gasteiger partial charge < -0.3 is 5.32 Å². The SMILES string of the molecule is CC(C)NCCC(=O)c1c(F)ccc(Br)c1F. The Balaban J connectivity index is 2.79. The summed E-state index contributed by atoms with van der Waals surface area (Å²) >= 11 is 2.93. The zero-order valence-electron chi connectivity index (χ0n) is 9.69. The van der Waals surface area contributed by atoms with E-state index in [0.29, 0.717) is 6.54 Å². The fourth-order valence-electron chi connectivity index (χ4n) is 1.38. The molecule has 1 rings (SSSR count). The molecule has 0 aliphatic rings. The van der Waals surface area contributed by atoms with Crippen LogP contribution >= 0.6 is 15.9 Å². The van der Waals surface area contributed by atoms with Crippen LogP contribution in [0.2, 0.25) is 0 Å². The zero-order chi connectivity index (χ0) is 13.0. The molecule has 0 bridgehead atoms. The van der Waals surface area contributed by atoms with E-state index in [1.54, 1.807) is 0 Å². The fraction of sp³-hybridized carbons (Fsp3) is 0.417. The molecule has 0 saturated carbocycles. The molecule has 1 aromatic carbocycles. The summed E-state index contributed by atoms with van der Waals surface area (Å²) < 4.78 is 27.0. The first-order valence-electron chi connectivity index (χ1n) is 5.33. The highest BCUT2D eigenvalue weighted by molar-refractivity contribution is 9.10. The van der Waals surface area contributed by atoms with Crippen LogP contribution in [0.25, 0.3) is 0 Å². The summed E-state index contributed by atoms with van der Waals surface area (Å²) in [5.74, 6) is -2.19. The van der Waals surface area contributed by atoms with Gasteiger partial charge in [0, 0.05) is 19.0 Å². The maximum absolute atomic E-state index is 13.6. The monoisotopic (exact) mass is 305 g/mol. The van der Waals surface area contributed by atoms with E-state index in [9.17, 15) is 13.6 Å². The topological polar surface area (TPSA) is 29.1 Å². The lowest BCUT2D eigenvalue weighted by atomic mass is 10.1. The summed E-state index contributed by atoms with van der Waals surface area (Å²) in [6.45, 7) is 4.28. The van der Waals surface area contributed by atoms with Crippen molar-refractivity contribution in [2.45, 2.75) is 26.3 Å². The van der Waals surface area contributed by atoms with Crippen LogP contribution in [0.3, 0.4) is 0 Å². The summed E-state index contributed by atoms with van der Waals surface area (Å²) in [6, 6.07) is 2.56. The second kappa shape index (κ2) is 6.21. The second-order valence-corrected chi connectivity index (χ2v) is 4.85. The van der Waals surface area contributed by atoms with Gasteiger partial charge in [-0.3, -0.25) is 4.79 Å². The maximum Gasteiger partial charge on any atom is 0.170 e. The molecule has 0 fully saturated rings. The number of Topliss-reactive ketones (excluding diaryl/α,β-unsaturated/α-hetero) is 1. The van der Waals surface area contributed by atoms with Gasteiger partial charge in [-0.05, 0) is 28.1 Å². The molecule has 0 radical (unpaired) electrons. The third kappa shape index (κ3) is 3.85. The number of nitrogens with one attached hydrogen (secondary N) is 1. The van der Waals surface area contributed by atoms with Crippen LogP contribution in [-0.4, -0.2) is 18.4 Å². The van der Waals surface area contributed by atoms with Crippen LogP contribution in [0.15, 0.2) is 16.6 Å². The average Bonchev–Trinajstić information content (AvgIpc) is 2.23. The number of hydrogen-bond donors (Lipinski definition) is 1. The lowest BCUT2D eigenvalue weighted by Gasteiger charge is -2.08. The van der Waals surface area contributed by atoms with Crippen molar-refractivity contribution in [1.82, 2.24) is 5.32 Å². The molecule has 1 aromatic rings. The highest BCUT2D eigenvalue weighted by Crippen LogP contribution is 2.22. The van der Waals surface area contributed by atoms with Crippen LogP contribution in [0.5, 0.6) is 0 Å². The number of benzene rings is 1. The second-order valence-electron chi connectivity index (χ2n) is 4.00. The minimum absolute atomic E-state index is 0.0719. The predicted molar refractivity (Wildman–Crippen MR) is 66.1 cm³/mol. The van der Waals surface area contributed by atoms with Crippen molar-refractivity contribution in [2.75, 3.05) is 6.54 Å². The van der Waals surface area contributed by atoms with Crippen LogP contribution < -0.4 is 5.32 Å². The van der Waals surface area contributed by atoms with Crippen LogP contribution in [0.1, 0.15) is 30.6 Å². The Hall–Kier alpha value is -0.810. The smallest absolute Gasteiger partial charge is 0.170 e. The Morgan fingerprint density at radius 1 is 1.41 bits per heavy atom. The van der Waals surface area contributed by atoms with Gasteiger partial charge in [0.05, 0.1) is 10.0 Å². The third-order valence-electron chi connectivity index (χ3n) is 2.23. The maximum atomic E-state index is 13.6. The molecular formula is C12H14BrF2NO. The molecule has 5 heteroatoms. The van der Waals surface area contributed by atoms with Gasteiger partial charge in [-0.1, -0.05) is 13.8 Å². The molecule has 2 nitrogen and oxygen atoms in total. The molecule has 0 heterocycles. The molecule has 0 aliphatic heterocycles. The number of halogens is 3. The molecule has 0 aliphatic carbocycles. The Bertz CT molecular complexity index is 421. The molecule has 17 heavy (non-hydrogen) atoms. The van der Waals surface area contributed by atoms with Crippen molar-refractivity contribution in [2.24, 2.45) is 0 Å². The number of rotatable bonds is 5. The van der Waals surface area contributed by atoms with E-state index in [1.807, 2.05) is 13.8 Å². The zero-order valence-corrected chi connectivity index (χ0v) is 11.3. The number of carbonyl (C=O) groups excluding carboxylic acids is 1. The van der Waals surface area contributed by atoms with Crippen LogP contribution in [0, 0.1) is 11.6 Å². The summed E-state index contributed by atoms with van der Waals surface area (Å²) in [7, 11) is 0. The van der Waals surface area contributed by atoms with Gasteiger partial charge in [-0.15, -0.1) is 0 Å². The lowest BCUT2D eigenvalue weighted by Crippen LogP contribution is -2.25. The van der Waals surface area contributed by atoms with E-state index < -0.39 is 23.0 Å². The minimum atomic E-state index is -0.834. The van der Waals surface area contributed by atoms with E-state index >= 15 is 0 Å². The van der Waals surface area contributed by atoms with Gasteiger partial charge in [0.1, 0.15) is 5.82 Å². The molecule has 0 amide bonds. The molecule has 1 N–H and O–H groups in total. The highest BCUT2D eigenvalue weighted by Gasteiger charge is 2.19. The molecule has 94 valence electrons. The molecule has 0 unspecified atom stereocenters. The van der Waals surface area contributed by atoms with Gasteiger partial charge in [0.2, 0.25) is 0 Å². The average molecular weight is 306 g/mol.